The summed E-state index contributed by atoms with van der Waals surface area (Å²) in [6.07, 6.45) is 2.07. The second-order valence-electron chi connectivity index (χ2n) is 12.7. The number of anilines is 2. The molecule has 44 heavy (non-hydrogen) atoms. The van der Waals surface area contributed by atoms with E-state index in [9.17, 15) is 9.18 Å². The van der Waals surface area contributed by atoms with Gasteiger partial charge in [-0.05, 0) is 58.0 Å². The van der Waals surface area contributed by atoms with Gasteiger partial charge in [0.05, 0.1) is 35.9 Å². The molecule has 0 spiro atoms. The fraction of sp³-hybridized carbons (Fsp3) is 0.485. The molecule has 9 nitrogen and oxygen atoms in total. The minimum atomic E-state index is -0.437. The van der Waals surface area contributed by atoms with E-state index in [1.165, 1.54) is 12.1 Å². The lowest BCUT2D eigenvalue weighted by Gasteiger charge is -2.45. The fourth-order valence-corrected chi connectivity index (χ4v) is 7.07. The van der Waals surface area contributed by atoms with Gasteiger partial charge in [-0.1, -0.05) is 36.4 Å². The first-order valence-corrected chi connectivity index (χ1v) is 15.5. The largest absolute Gasteiger partial charge is 0.463 e. The first-order chi connectivity index (χ1) is 21.1. The third kappa shape index (κ3) is 5.71. The summed E-state index contributed by atoms with van der Waals surface area (Å²) in [5.41, 5.74) is 2.70. The Morgan fingerprint density at radius 3 is 2.70 bits per heavy atom. The van der Waals surface area contributed by atoms with Crippen LogP contribution in [0.25, 0.3) is 10.8 Å². The van der Waals surface area contributed by atoms with E-state index in [4.69, 9.17) is 31.0 Å². The molecular formula is C33H40ClFN6O3. The molecule has 0 N–H and O–H groups in total. The molecule has 3 aliphatic heterocycles. The second-order valence-corrected chi connectivity index (χ2v) is 13.1. The maximum absolute atomic E-state index is 14.6. The summed E-state index contributed by atoms with van der Waals surface area (Å²) in [7, 11) is 4.10. The first-order valence-electron chi connectivity index (χ1n) is 15.2. The lowest BCUT2D eigenvalue weighted by atomic mass is 9.86. The zero-order valence-corrected chi connectivity index (χ0v) is 26.6. The van der Waals surface area contributed by atoms with Gasteiger partial charge in [0.25, 0.3) is 0 Å². The number of fused-ring (bicyclic) bond motifs is 2. The maximum atomic E-state index is 14.6. The van der Waals surface area contributed by atoms with Gasteiger partial charge in [-0.2, -0.15) is 9.97 Å². The van der Waals surface area contributed by atoms with Crippen LogP contribution in [-0.2, 0) is 22.5 Å². The molecule has 2 aromatic carbocycles. The summed E-state index contributed by atoms with van der Waals surface area (Å²) >= 11 is 6.51. The molecule has 3 aromatic rings. The molecule has 0 unspecified atom stereocenters. The van der Waals surface area contributed by atoms with Gasteiger partial charge in [-0.3, -0.25) is 4.79 Å². The maximum Gasteiger partial charge on any atom is 0.318 e. The molecule has 0 saturated carbocycles. The van der Waals surface area contributed by atoms with E-state index in [0.29, 0.717) is 63.8 Å². The average Bonchev–Trinajstić information content (AvgIpc) is 2.99. The Balaban J connectivity index is 1.36. The molecule has 4 heterocycles. The number of nitrogens with zero attached hydrogens (tertiary/aromatic N) is 6. The van der Waals surface area contributed by atoms with Crippen LogP contribution in [0.3, 0.4) is 0 Å². The molecule has 2 fully saturated rings. The number of ether oxygens (including phenoxy) is 2. The zero-order valence-electron chi connectivity index (χ0n) is 25.9. The normalized spacial score (nSPS) is 21.3. The summed E-state index contributed by atoms with van der Waals surface area (Å²) in [5, 5.41) is 1.71. The third-order valence-corrected chi connectivity index (χ3v) is 9.34. The Morgan fingerprint density at radius 1 is 1.20 bits per heavy atom. The minimum Gasteiger partial charge on any atom is -0.463 e. The number of carbonyl (C=O) groups excluding carboxylic acids is 1. The minimum absolute atomic E-state index is 0.0185. The molecule has 0 bridgehead atoms. The molecule has 2 atom stereocenters. The predicted molar refractivity (Wildman–Crippen MR) is 171 cm³/mol. The quantitative estimate of drug-likeness (QED) is 0.339. The van der Waals surface area contributed by atoms with E-state index < -0.39 is 5.82 Å². The molecule has 234 valence electrons. The summed E-state index contributed by atoms with van der Waals surface area (Å²) in [6, 6.07) is 9.41. The van der Waals surface area contributed by atoms with Crippen molar-refractivity contribution in [3.63, 3.8) is 0 Å². The molecule has 0 radical (unpaired) electrons. The molecule has 6 rings (SSSR count). The molecule has 2 saturated heterocycles. The number of piperazine rings is 1. The summed E-state index contributed by atoms with van der Waals surface area (Å²) in [5.74, 6) is 0.351. The van der Waals surface area contributed by atoms with Crippen LogP contribution in [0.15, 0.2) is 43.0 Å². The van der Waals surface area contributed by atoms with E-state index in [-0.39, 0.29) is 28.4 Å². The highest BCUT2D eigenvalue weighted by Gasteiger charge is 2.41. The van der Waals surface area contributed by atoms with Crippen LogP contribution in [0.1, 0.15) is 25.1 Å². The molecule has 11 heteroatoms. The lowest BCUT2D eigenvalue weighted by molar-refractivity contribution is -0.140. The van der Waals surface area contributed by atoms with Crippen molar-refractivity contribution in [2.45, 2.75) is 38.9 Å². The highest BCUT2D eigenvalue weighted by Crippen LogP contribution is 2.39. The van der Waals surface area contributed by atoms with Crippen molar-refractivity contribution < 1.29 is 18.7 Å². The molecule has 3 aliphatic rings. The topological polar surface area (TPSA) is 74.3 Å². The Labute approximate surface area is 263 Å². The van der Waals surface area contributed by atoms with Gasteiger partial charge >= 0.3 is 6.01 Å². The monoisotopic (exact) mass is 622 g/mol. The van der Waals surface area contributed by atoms with Crippen LogP contribution < -0.4 is 14.5 Å². The van der Waals surface area contributed by atoms with Crippen molar-refractivity contribution in [1.29, 1.82) is 0 Å². The van der Waals surface area contributed by atoms with Crippen LogP contribution in [0.5, 0.6) is 6.01 Å². The summed E-state index contributed by atoms with van der Waals surface area (Å²) < 4.78 is 26.5. The molecule has 1 aromatic heterocycles. The van der Waals surface area contributed by atoms with Crippen LogP contribution >= 0.6 is 11.6 Å². The van der Waals surface area contributed by atoms with Crippen molar-refractivity contribution in [1.82, 2.24) is 19.8 Å². The number of benzene rings is 2. The number of hydrogen-bond donors (Lipinski definition) is 0. The van der Waals surface area contributed by atoms with Gasteiger partial charge in [-0.15, -0.1) is 0 Å². The van der Waals surface area contributed by atoms with Crippen LogP contribution in [0.2, 0.25) is 5.02 Å². The smallest absolute Gasteiger partial charge is 0.318 e. The Bertz CT molecular complexity index is 1580. The second kappa shape index (κ2) is 12.1. The first kappa shape index (κ1) is 30.6. The van der Waals surface area contributed by atoms with Crippen molar-refractivity contribution >= 4 is 39.8 Å². The number of rotatable bonds is 8. The number of aromatic nitrogens is 2. The number of halogens is 2. The van der Waals surface area contributed by atoms with Gasteiger partial charge in [0.1, 0.15) is 18.2 Å². The number of amides is 1. The molecule has 1 amide bonds. The standard InChI is InChI=1S/C33H40ClFN6O3/c1-6-28(42)40-14-22(3)41(15-21(40)2)31-24-12-13-39(27-9-7-8-23-10-11-25(35)30(34)29(23)27)16-26(24)36-32(37-31)44-20-33(17-38(4)5)18-43-19-33/h6-11,21-22H,1,12-20H2,2-5H3/t21-,22+/m1/s1. The van der Waals surface area contributed by atoms with Crippen LogP contribution in [0.4, 0.5) is 15.9 Å². The number of carbonyl (C=O) groups is 1. The Hall–Kier alpha value is -3.47. The Kier molecular flexibility index (Phi) is 8.43. The predicted octanol–water partition coefficient (Wildman–Crippen LogP) is 4.55. The van der Waals surface area contributed by atoms with E-state index in [1.54, 1.807) is 6.07 Å². The highest BCUT2D eigenvalue weighted by atomic mass is 35.5. The van der Waals surface area contributed by atoms with Gasteiger partial charge in [0, 0.05) is 54.9 Å². The molecule has 0 aliphatic carbocycles. The summed E-state index contributed by atoms with van der Waals surface area (Å²) in [6.45, 7) is 12.8. The van der Waals surface area contributed by atoms with Gasteiger partial charge in [-0.25, -0.2) is 4.39 Å². The van der Waals surface area contributed by atoms with E-state index in [1.807, 2.05) is 37.2 Å². The zero-order chi connectivity index (χ0) is 31.2. The highest BCUT2D eigenvalue weighted by molar-refractivity contribution is 6.36. The van der Waals surface area contributed by atoms with E-state index in [0.717, 1.165) is 34.7 Å². The molecular weight excluding hydrogens is 583 g/mol. The van der Waals surface area contributed by atoms with Crippen LogP contribution in [-0.4, -0.2) is 97.9 Å². The van der Waals surface area contributed by atoms with Crippen molar-refractivity contribution in [3.05, 3.63) is 65.1 Å². The number of hydrogen-bond acceptors (Lipinski definition) is 8. The van der Waals surface area contributed by atoms with Crippen LogP contribution in [0, 0.1) is 11.2 Å². The third-order valence-electron chi connectivity index (χ3n) is 8.97. The average molecular weight is 623 g/mol. The summed E-state index contributed by atoms with van der Waals surface area (Å²) in [4.78, 5) is 31.0. The SMILES string of the molecule is C=CC(=O)N1C[C@H](C)N(c2nc(OCC3(CN(C)C)COC3)nc3c2CCN(c2cccc4ccc(F)c(Cl)c24)C3)C[C@H]1C. The van der Waals surface area contributed by atoms with Crippen molar-refractivity contribution in [2.75, 3.05) is 69.9 Å². The van der Waals surface area contributed by atoms with E-state index in [2.05, 4.69) is 35.1 Å². The fourth-order valence-electron chi connectivity index (χ4n) is 6.80. The van der Waals surface area contributed by atoms with Gasteiger partial charge < -0.3 is 29.1 Å². The van der Waals surface area contributed by atoms with E-state index >= 15 is 0 Å². The van der Waals surface area contributed by atoms with Gasteiger partial charge in [0.15, 0.2) is 0 Å². The lowest BCUT2D eigenvalue weighted by Crippen LogP contribution is -2.58. The van der Waals surface area contributed by atoms with Crippen molar-refractivity contribution in [3.8, 4) is 6.01 Å². The van der Waals surface area contributed by atoms with Crippen molar-refractivity contribution in [2.24, 2.45) is 5.41 Å². The van der Waals surface area contributed by atoms with Gasteiger partial charge in [0.2, 0.25) is 5.91 Å². The Morgan fingerprint density at radius 2 is 2.00 bits per heavy atom.